The molecule has 4 nitrogen and oxygen atoms in total. The van der Waals surface area contributed by atoms with E-state index in [0.717, 1.165) is 42.8 Å². The highest BCUT2D eigenvalue weighted by Crippen LogP contribution is 2.61. The lowest BCUT2D eigenvalue weighted by Gasteiger charge is -2.17. The van der Waals surface area contributed by atoms with E-state index in [-0.39, 0.29) is 0 Å². The van der Waals surface area contributed by atoms with Crippen molar-refractivity contribution in [1.82, 2.24) is 9.97 Å². The first-order valence-corrected chi connectivity index (χ1v) is 7.55. The van der Waals surface area contributed by atoms with Crippen LogP contribution in [-0.4, -0.2) is 23.1 Å². The van der Waals surface area contributed by atoms with Crippen LogP contribution in [0.25, 0.3) is 0 Å². The maximum absolute atomic E-state index is 4.59. The Morgan fingerprint density at radius 3 is 2.74 bits per heavy atom. The van der Waals surface area contributed by atoms with Crippen LogP contribution in [-0.2, 0) is 0 Å². The maximum Gasteiger partial charge on any atom is 0.224 e. The van der Waals surface area contributed by atoms with Crippen molar-refractivity contribution >= 4 is 11.8 Å². The molecule has 0 aliphatic heterocycles. The molecule has 1 aromatic rings. The first-order chi connectivity index (χ1) is 9.23. The molecule has 1 heterocycles. The Morgan fingerprint density at radius 2 is 2.11 bits per heavy atom. The Balaban J connectivity index is 1.62. The van der Waals surface area contributed by atoms with Gasteiger partial charge in [0, 0.05) is 24.8 Å². The zero-order valence-electron chi connectivity index (χ0n) is 12.0. The summed E-state index contributed by atoms with van der Waals surface area (Å²) in [7, 11) is 0. The van der Waals surface area contributed by atoms with Gasteiger partial charge in [-0.15, -0.1) is 0 Å². The summed E-state index contributed by atoms with van der Waals surface area (Å²) in [6.45, 7) is 6.23. The molecular weight excluding hydrogens is 236 g/mol. The number of aromatic nitrogens is 2. The van der Waals surface area contributed by atoms with Crippen LogP contribution in [0.1, 0.15) is 44.6 Å². The second-order valence-electron chi connectivity index (χ2n) is 6.14. The minimum absolute atomic E-state index is 0.606. The highest BCUT2D eigenvalue weighted by Gasteiger charge is 2.53. The fourth-order valence-electron chi connectivity index (χ4n) is 2.79. The van der Waals surface area contributed by atoms with Crippen molar-refractivity contribution in [3.8, 4) is 0 Å². The first-order valence-electron chi connectivity index (χ1n) is 7.55. The second-order valence-corrected chi connectivity index (χ2v) is 6.14. The maximum atomic E-state index is 4.59. The predicted octanol–water partition coefficient (Wildman–Crippen LogP) is 3.21. The summed E-state index contributed by atoms with van der Waals surface area (Å²) in [6.07, 6.45) is 8.67. The molecule has 2 saturated carbocycles. The zero-order valence-corrected chi connectivity index (χ0v) is 12.0. The van der Waals surface area contributed by atoms with Gasteiger partial charge in [0.1, 0.15) is 5.82 Å². The molecule has 0 saturated heterocycles. The molecule has 4 heteroatoms. The molecule has 2 N–H and O–H groups in total. The number of nitrogens with zero attached hydrogens (tertiary/aromatic N) is 2. The molecule has 0 bridgehead atoms. The minimum Gasteiger partial charge on any atom is -0.369 e. The molecule has 104 valence electrons. The standard InChI is InChI=1S/C15H24N4/c1-3-8-16-14-17-9-11(2)13(19-14)18-10-15(6-7-15)12-4-5-12/h9,12H,3-8,10H2,1-2H3,(H2,16,17,18,19). The minimum atomic E-state index is 0.606. The first kappa shape index (κ1) is 12.7. The van der Waals surface area contributed by atoms with Crippen molar-refractivity contribution in [3.63, 3.8) is 0 Å². The van der Waals surface area contributed by atoms with Gasteiger partial charge >= 0.3 is 0 Å². The quantitative estimate of drug-likeness (QED) is 0.790. The van der Waals surface area contributed by atoms with E-state index in [9.17, 15) is 0 Å². The molecule has 2 aliphatic rings. The summed E-state index contributed by atoms with van der Waals surface area (Å²) >= 11 is 0. The lowest BCUT2D eigenvalue weighted by atomic mass is 10.0. The van der Waals surface area contributed by atoms with E-state index in [0.29, 0.717) is 5.41 Å². The van der Waals surface area contributed by atoms with Gasteiger partial charge in [-0.05, 0) is 50.4 Å². The molecule has 2 aliphatic carbocycles. The van der Waals surface area contributed by atoms with Crippen LogP contribution in [0.5, 0.6) is 0 Å². The summed E-state index contributed by atoms with van der Waals surface area (Å²) in [4.78, 5) is 8.91. The third kappa shape index (κ3) is 2.82. The molecule has 3 rings (SSSR count). The van der Waals surface area contributed by atoms with E-state index >= 15 is 0 Å². The van der Waals surface area contributed by atoms with Crippen molar-refractivity contribution in [3.05, 3.63) is 11.8 Å². The zero-order chi connectivity index (χ0) is 13.3. The van der Waals surface area contributed by atoms with E-state index in [2.05, 4.69) is 34.4 Å². The van der Waals surface area contributed by atoms with E-state index in [1.54, 1.807) is 0 Å². The van der Waals surface area contributed by atoms with Gasteiger partial charge in [0.15, 0.2) is 0 Å². The highest BCUT2D eigenvalue weighted by atomic mass is 15.1. The second kappa shape index (κ2) is 4.99. The van der Waals surface area contributed by atoms with Crippen molar-refractivity contribution in [1.29, 1.82) is 0 Å². The van der Waals surface area contributed by atoms with Gasteiger partial charge in [-0.3, -0.25) is 0 Å². The Morgan fingerprint density at radius 1 is 1.32 bits per heavy atom. The van der Waals surface area contributed by atoms with Crippen LogP contribution in [0, 0.1) is 18.3 Å². The van der Waals surface area contributed by atoms with E-state index < -0.39 is 0 Å². The smallest absolute Gasteiger partial charge is 0.224 e. The average molecular weight is 260 g/mol. The van der Waals surface area contributed by atoms with Gasteiger partial charge < -0.3 is 10.6 Å². The van der Waals surface area contributed by atoms with Crippen molar-refractivity contribution in [2.45, 2.75) is 46.0 Å². The Hall–Kier alpha value is -1.32. The van der Waals surface area contributed by atoms with Crippen LogP contribution >= 0.6 is 0 Å². The van der Waals surface area contributed by atoms with Crippen molar-refractivity contribution in [2.24, 2.45) is 11.3 Å². The van der Waals surface area contributed by atoms with Gasteiger partial charge in [-0.1, -0.05) is 6.92 Å². The van der Waals surface area contributed by atoms with Gasteiger partial charge in [0.2, 0.25) is 5.95 Å². The molecule has 0 atom stereocenters. The Kier molecular flexibility index (Phi) is 3.33. The molecular formula is C15H24N4. The van der Waals surface area contributed by atoms with Gasteiger partial charge in [-0.25, -0.2) is 4.98 Å². The number of hydrogen-bond donors (Lipinski definition) is 2. The fraction of sp³-hybridized carbons (Fsp3) is 0.733. The van der Waals surface area contributed by atoms with Crippen LogP contribution in [0.4, 0.5) is 11.8 Å². The summed E-state index contributed by atoms with van der Waals surface area (Å²) < 4.78 is 0. The van der Waals surface area contributed by atoms with E-state index in [1.165, 1.54) is 25.7 Å². The SMILES string of the molecule is CCCNc1ncc(C)c(NCC2(C3CC3)CC2)n1. The molecule has 0 amide bonds. The van der Waals surface area contributed by atoms with E-state index in [1.807, 2.05) is 6.20 Å². The molecule has 0 spiro atoms. The third-order valence-electron chi connectivity index (χ3n) is 4.45. The monoisotopic (exact) mass is 260 g/mol. The average Bonchev–Trinajstić information content (AvgIpc) is 3.28. The van der Waals surface area contributed by atoms with Crippen LogP contribution in [0.2, 0.25) is 0 Å². The topological polar surface area (TPSA) is 49.8 Å². The molecule has 19 heavy (non-hydrogen) atoms. The lowest BCUT2D eigenvalue weighted by molar-refractivity contribution is 0.466. The van der Waals surface area contributed by atoms with Crippen LogP contribution < -0.4 is 10.6 Å². The van der Waals surface area contributed by atoms with Gasteiger partial charge in [0.25, 0.3) is 0 Å². The van der Waals surface area contributed by atoms with Gasteiger partial charge in [-0.2, -0.15) is 4.98 Å². The largest absolute Gasteiger partial charge is 0.369 e. The summed E-state index contributed by atoms with van der Waals surface area (Å²) in [6, 6.07) is 0. The molecule has 1 aromatic heterocycles. The number of aryl methyl sites for hydroxylation is 1. The fourth-order valence-corrected chi connectivity index (χ4v) is 2.79. The van der Waals surface area contributed by atoms with Crippen molar-refractivity contribution < 1.29 is 0 Å². The normalized spacial score (nSPS) is 20.1. The molecule has 0 radical (unpaired) electrons. The summed E-state index contributed by atoms with van der Waals surface area (Å²) in [5, 5.41) is 6.81. The summed E-state index contributed by atoms with van der Waals surface area (Å²) in [5.74, 6) is 2.73. The van der Waals surface area contributed by atoms with E-state index in [4.69, 9.17) is 0 Å². The molecule has 0 aromatic carbocycles. The lowest BCUT2D eigenvalue weighted by Crippen LogP contribution is -2.19. The number of anilines is 2. The number of rotatable bonds is 7. The molecule has 0 unspecified atom stereocenters. The van der Waals surface area contributed by atoms with Crippen LogP contribution in [0.3, 0.4) is 0 Å². The Labute approximate surface area is 115 Å². The number of hydrogen-bond acceptors (Lipinski definition) is 4. The molecule has 2 fully saturated rings. The van der Waals surface area contributed by atoms with Crippen molar-refractivity contribution in [2.75, 3.05) is 23.7 Å². The predicted molar refractivity (Wildman–Crippen MR) is 78.4 cm³/mol. The summed E-state index contributed by atoms with van der Waals surface area (Å²) in [5.41, 5.74) is 1.74. The Bertz CT molecular complexity index is 449. The highest BCUT2D eigenvalue weighted by molar-refractivity contribution is 5.46. The van der Waals surface area contributed by atoms with Crippen LogP contribution in [0.15, 0.2) is 6.20 Å². The number of nitrogens with one attached hydrogen (secondary N) is 2. The third-order valence-corrected chi connectivity index (χ3v) is 4.45. The van der Waals surface area contributed by atoms with Gasteiger partial charge in [0.05, 0.1) is 0 Å².